The third-order valence-electron chi connectivity index (χ3n) is 4.67. The van der Waals surface area contributed by atoms with Crippen molar-refractivity contribution in [1.82, 2.24) is 4.98 Å². The number of carbonyl (C=O) groups excluding carboxylic acids is 2. The van der Waals surface area contributed by atoms with E-state index < -0.39 is 12.1 Å². The first kappa shape index (κ1) is 18.1. The summed E-state index contributed by atoms with van der Waals surface area (Å²) in [5, 5.41) is 4.76. The summed E-state index contributed by atoms with van der Waals surface area (Å²) in [7, 11) is 0. The van der Waals surface area contributed by atoms with Crippen LogP contribution < -0.4 is 0 Å². The Morgan fingerprint density at radius 2 is 2.04 bits per heavy atom. The van der Waals surface area contributed by atoms with Crippen LogP contribution in [0.3, 0.4) is 0 Å². The summed E-state index contributed by atoms with van der Waals surface area (Å²) in [6.45, 7) is 1.63. The molecule has 2 aromatic heterocycles. The third kappa shape index (κ3) is 4.01. The van der Waals surface area contributed by atoms with E-state index in [4.69, 9.17) is 4.74 Å². The van der Waals surface area contributed by atoms with Crippen molar-refractivity contribution in [2.45, 2.75) is 38.7 Å². The molecular formula is C21H19NO3S2. The Morgan fingerprint density at radius 3 is 2.85 bits per heavy atom. The van der Waals surface area contributed by atoms with E-state index in [1.807, 2.05) is 41.1 Å². The maximum absolute atomic E-state index is 12.6. The van der Waals surface area contributed by atoms with Crippen molar-refractivity contribution >= 4 is 34.4 Å². The second kappa shape index (κ2) is 7.74. The molecule has 2 heterocycles. The summed E-state index contributed by atoms with van der Waals surface area (Å²) in [4.78, 5) is 30.4. The van der Waals surface area contributed by atoms with Gasteiger partial charge < -0.3 is 4.74 Å². The predicted molar refractivity (Wildman–Crippen MR) is 107 cm³/mol. The number of thiazole rings is 1. The van der Waals surface area contributed by atoms with E-state index in [0.29, 0.717) is 11.3 Å². The number of nitrogens with zero attached hydrogens (tertiary/aromatic N) is 1. The fraction of sp³-hybridized carbons (Fsp3) is 0.286. The van der Waals surface area contributed by atoms with E-state index in [2.05, 4.69) is 4.98 Å². The Balaban J connectivity index is 1.37. The summed E-state index contributed by atoms with van der Waals surface area (Å²) in [6, 6.07) is 9.78. The molecular weight excluding hydrogens is 378 g/mol. The molecule has 1 aliphatic carbocycles. The molecule has 1 aliphatic rings. The van der Waals surface area contributed by atoms with Crippen molar-refractivity contribution in [2.75, 3.05) is 0 Å². The number of esters is 1. The molecule has 4 rings (SSSR count). The van der Waals surface area contributed by atoms with Crippen LogP contribution in [-0.4, -0.2) is 22.8 Å². The first-order chi connectivity index (χ1) is 13.1. The first-order valence-electron chi connectivity index (χ1n) is 8.94. The molecule has 0 amide bonds. The smallest absolute Gasteiger partial charge is 0.312 e. The molecule has 0 aliphatic heterocycles. The van der Waals surface area contributed by atoms with Crippen molar-refractivity contribution in [2.24, 2.45) is 0 Å². The zero-order chi connectivity index (χ0) is 18.8. The van der Waals surface area contributed by atoms with Crippen LogP contribution in [0.25, 0.3) is 9.88 Å². The first-order valence-corrected chi connectivity index (χ1v) is 10.7. The largest absolute Gasteiger partial charge is 0.454 e. The highest BCUT2D eigenvalue weighted by atomic mass is 32.1. The van der Waals surface area contributed by atoms with Gasteiger partial charge in [-0.05, 0) is 54.8 Å². The Hall–Kier alpha value is -2.31. The number of fused-ring (bicyclic) bond motifs is 1. The van der Waals surface area contributed by atoms with Crippen molar-refractivity contribution in [3.8, 4) is 9.88 Å². The van der Waals surface area contributed by atoms with Gasteiger partial charge in [-0.25, -0.2) is 4.98 Å². The fourth-order valence-corrected chi connectivity index (χ4v) is 4.94. The molecule has 27 heavy (non-hydrogen) atoms. The second-order valence-corrected chi connectivity index (χ2v) is 8.44. The number of aromatic nitrogens is 1. The van der Waals surface area contributed by atoms with Gasteiger partial charge in [0.05, 0.1) is 17.0 Å². The maximum atomic E-state index is 12.6. The van der Waals surface area contributed by atoms with Crippen LogP contribution in [0.4, 0.5) is 0 Å². The number of thiophene rings is 1. The molecule has 0 N–H and O–H groups in total. The van der Waals surface area contributed by atoms with Gasteiger partial charge in [0.1, 0.15) is 5.01 Å². The summed E-state index contributed by atoms with van der Waals surface area (Å²) in [5.41, 5.74) is 3.85. The number of hydrogen-bond acceptors (Lipinski definition) is 6. The summed E-state index contributed by atoms with van der Waals surface area (Å²) >= 11 is 3.12. The van der Waals surface area contributed by atoms with Gasteiger partial charge in [-0.15, -0.1) is 22.7 Å². The summed E-state index contributed by atoms with van der Waals surface area (Å²) in [5.74, 6) is -0.587. The highest BCUT2D eigenvalue weighted by Gasteiger charge is 2.22. The van der Waals surface area contributed by atoms with Gasteiger partial charge in [0.2, 0.25) is 5.78 Å². The van der Waals surface area contributed by atoms with Gasteiger partial charge in [0, 0.05) is 10.9 Å². The number of aryl methyl sites for hydroxylation is 2. The Kier molecular flexibility index (Phi) is 5.18. The highest BCUT2D eigenvalue weighted by molar-refractivity contribution is 7.20. The van der Waals surface area contributed by atoms with Crippen LogP contribution in [0, 0.1) is 0 Å². The van der Waals surface area contributed by atoms with Crippen molar-refractivity contribution in [3.63, 3.8) is 0 Å². The lowest BCUT2D eigenvalue weighted by molar-refractivity contribution is -0.145. The van der Waals surface area contributed by atoms with Crippen LogP contribution in [-0.2, 0) is 28.8 Å². The molecule has 0 saturated carbocycles. The van der Waals surface area contributed by atoms with E-state index in [-0.39, 0.29) is 12.2 Å². The monoisotopic (exact) mass is 397 g/mol. The van der Waals surface area contributed by atoms with Gasteiger partial charge in [0.25, 0.3) is 0 Å². The van der Waals surface area contributed by atoms with Gasteiger partial charge in [-0.3, -0.25) is 9.59 Å². The molecule has 1 atom stereocenters. The number of carbonyl (C=O) groups is 2. The molecule has 138 valence electrons. The van der Waals surface area contributed by atoms with E-state index in [1.54, 1.807) is 18.3 Å². The summed E-state index contributed by atoms with van der Waals surface area (Å²) in [6.07, 6.45) is 2.51. The van der Waals surface area contributed by atoms with Gasteiger partial charge >= 0.3 is 5.97 Å². The van der Waals surface area contributed by atoms with Crippen molar-refractivity contribution < 1.29 is 14.3 Å². The van der Waals surface area contributed by atoms with Gasteiger partial charge in [0.15, 0.2) is 6.10 Å². The molecule has 0 spiro atoms. The predicted octanol–water partition coefficient (Wildman–Crippen LogP) is 4.72. The van der Waals surface area contributed by atoms with E-state index in [0.717, 1.165) is 29.1 Å². The Morgan fingerprint density at radius 1 is 1.19 bits per heavy atom. The highest BCUT2D eigenvalue weighted by Crippen LogP contribution is 2.28. The normalized spacial score (nSPS) is 14.0. The van der Waals surface area contributed by atoms with Crippen LogP contribution in [0.15, 0.2) is 41.1 Å². The number of ether oxygens (including phenoxy) is 1. The van der Waals surface area contributed by atoms with E-state index >= 15 is 0 Å². The number of rotatable bonds is 6. The quantitative estimate of drug-likeness (QED) is 0.446. The minimum atomic E-state index is -0.799. The number of hydrogen-bond donors (Lipinski definition) is 0. The number of benzene rings is 1. The molecule has 1 aromatic carbocycles. The second-order valence-electron chi connectivity index (χ2n) is 6.63. The minimum Gasteiger partial charge on any atom is -0.454 e. The SMILES string of the molecule is CC(OC(=O)Cc1csc(-c2cccs2)n1)C(=O)c1ccc2c(c1)CCC2. The van der Waals surface area contributed by atoms with E-state index in [9.17, 15) is 9.59 Å². The fourth-order valence-electron chi connectivity index (χ4n) is 3.30. The zero-order valence-corrected chi connectivity index (χ0v) is 16.6. The van der Waals surface area contributed by atoms with Crippen molar-refractivity contribution in [3.05, 3.63) is 63.5 Å². The average Bonchev–Trinajstić information content (AvgIpc) is 3.40. The maximum Gasteiger partial charge on any atom is 0.312 e. The lowest BCUT2D eigenvalue weighted by atomic mass is 10.0. The number of Topliss-reactive ketones (excluding diaryl/α,β-unsaturated/α-hetero) is 1. The van der Waals surface area contributed by atoms with Crippen molar-refractivity contribution in [1.29, 1.82) is 0 Å². The Bertz CT molecular complexity index is 975. The molecule has 0 radical (unpaired) electrons. The lowest BCUT2D eigenvalue weighted by Gasteiger charge is -2.13. The zero-order valence-electron chi connectivity index (χ0n) is 14.9. The molecule has 1 unspecified atom stereocenters. The van der Waals surface area contributed by atoms with E-state index in [1.165, 1.54) is 22.5 Å². The lowest BCUT2D eigenvalue weighted by Crippen LogP contribution is -2.25. The topological polar surface area (TPSA) is 56.3 Å². The summed E-state index contributed by atoms with van der Waals surface area (Å²) < 4.78 is 5.37. The van der Waals surface area contributed by atoms with Crippen LogP contribution in [0.5, 0.6) is 0 Å². The van der Waals surface area contributed by atoms with Crippen LogP contribution >= 0.6 is 22.7 Å². The number of ketones is 1. The molecule has 6 heteroatoms. The third-order valence-corrected chi connectivity index (χ3v) is 6.60. The Labute approximate surface area is 165 Å². The minimum absolute atomic E-state index is 0.0731. The van der Waals surface area contributed by atoms with Crippen LogP contribution in [0.2, 0.25) is 0 Å². The molecule has 4 nitrogen and oxygen atoms in total. The molecule has 0 fully saturated rings. The standard InChI is InChI=1S/C21H19NO3S2/c1-13(20(24)16-8-7-14-4-2-5-15(14)10-16)25-19(23)11-17-12-27-21(22-17)18-6-3-9-26-18/h3,6-10,12-13H,2,4-5,11H2,1H3. The van der Waals surface area contributed by atoms with Gasteiger partial charge in [-0.1, -0.05) is 18.2 Å². The average molecular weight is 398 g/mol. The molecule has 0 bridgehead atoms. The van der Waals surface area contributed by atoms with Crippen LogP contribution in [0.1, 0.15) is 40.5 Å². The molecule has 0 saturated heterocycles. The van der Waals surface area contributed by atoms with Gasteiger partial charge in [-0.2, -0.15) is 0 Å². The molecule has 3 aromatic rings.